The predicted octanol–water partition coefficient (Wildman–Crippen LogP) is 3.43. The van der Waals surface area contributed by atoms with Crippen LogP contribution in [0.4, 0.5) is 0 Å². The fourth-order valence-electron chi connectivity index (χ4n) is 1.98. The van der Waals surface area contributed by atoms with Gasteiger partial charge in [-0.25, -0.2) is 0 Å². The summed E-state index contributed by atoms with van der Waals surface area (Å²) in [5.74, 6) is 1.73. The zero-order valence-corrected chi connectivity index (χ0v) is 11.1. The zero-order valence-electron chi connectivity index (χ0n) is 11.1. The van der Waals surface area contributed by atoms with Crippen molar-refractivity contribution in [2.45, 2.75) is 32.4 Å². The normalized spacial score (nSPS) is 14.4. The molecule has 0 radical (unpaired) electrons. The second-order valence-corrected chi connectivity index (χ2v) is 5.01. The molecule has 0 bridgehead atoms. The molecular weight excluding hydrogens is 236 g/mol. The van der Waals surface area contributed by atoms with Crippen molar-refractivity contribution < 1.29 is 4.74 Å². The van der Waals surface area contributed by atoms with E-state index in [-0.39, 0.29) is 0 Å². The van der Waals surface area contributed by atoms with E-state index >= 15 is 0 Å². The van der Waals surface area contributed by atoms with E-state index in [1.54, 1.807) is 6.20 Å². The van der Waals surface area contributed by atoms with Crippen LogP contribution in [0, 0.1) is 6.92 Å². The first-order valence-electron chi connectivity index (χ1n) is 6.72. The van der Waals surface area contributed by atoms with Crippen LogP contribution in [0.3, 0.4) is 0 Å². The van der Waals surface area contributed by atoms with Gasteiger partial charge >= 0.3 is 0 Å². The average molecular weight is 254 g/mol. The summed E-state index contributed by atoms with van der Waals surface area (Å²) >= 11 is 0. The van der Waals surface area contributed by atoms with Gasteiger partial charge in [0.05, 0.1) is 6.20 Å². The van der Waals surface area contributed by atoms with Crippen molar-refractivity contribution in [2.75, 3.05) is 0 Å². The van der Waals surface area contributed by atoms with Gasteiger partial charge in [-0.1, -0.05) is 18.2 Å². The van der Waals surface area contributed by atoms with Crippen LogP contribution in [0.15, 0.2) is 42.7 Å². The van der Waals surface area contributed by atoms with E-state index in [1.807, 2.05) is 43.5 Å². The number of hydrogen-bond donors (Lipinski definition) is 1. The molecule has 1 aliphatic rings. The minimum Gasteiger partial charge on any atom is -0.455 e. The number of para-hydroxylation sites is 1. The van der Waals surface area contributed by atoms with Gasteiger partial charge in [0.25, 0.3) is 0 Å². The number of nitrogens with one attached hydrogen (secondary N) is 1. The Hall–Kier alpha value is -1.87. The smallest absolute Gasteiger partial charge is 0.150 e. The molecule has 0 saturated heterocycles. The number of aromatic nitrogens is 1. The van der Waals surface area contributed by atoms with Crippen molar-refractivity contribution in [3.05, 3.63) is 53.9 Å². The third-order valence-corrected chi connectivity index (χ3v) is 3.34. The summed E-state index contributed by atoms with van der Waals surface area (Å²) in [7, 11) is 0. The summed E-state index contributed by atoms with van der Waals surface area (Å²) in [6, 6.07) is 10.7. The predicted molar refractivity (Wildman–Crippen MR) is 75.4 cm³/mol. The van der Waals surface area contributed by atoms with Crippen LogP contribution in [0.5, 0.6) is 11.5 Å². The van der Waals surface area contributed by atoms with Crippen LogP contribution in [-0.2, 0) is 6.54 Å². The minimum absolute atomic E-state index is 0.694. The molecule has 2 aromatic rings. The molecule has 98 valence electrons. The molecule has 1 heterocycles. The standard InChI is InChI=1S/C16H18N2O/c1-12-4-2-3-5-15(12)19-16-11-17-9-8-13(16)10-18-14-6-7-14/h2-5,8-9,11,14,18H,6-7,10H2,1H3. The maximum absolute atomic E-state index is 5.99. The molecule has 0 aliphatic heterocycles. The van der Waals surface area contributed by atoms with Crippen molar-refractivity contribution >= 4 is 0 Å². The molecule has 1 aliphatic carbocycles. The largest absolute Gasteiger partial charge is 0.455 e. The Morgan fingerprint density at radius 2 is 2.05 bits per heavy atom. The summed E-state index contributed by atoms with van der Waals surface area (Å²) in [5, 5.41) is 3.51. The Balaban J connectivity index is 1.77. The summed E-state index contributed by atoms with van der Waals surface area (Å²) < 4.78 is 5.99. The van der Waals surface area contributed by atoms with Crippen molar-refractivity contribution in [3.8, 4) is 11.5 Å². The highest BCUT2D eigenvalue weighted by atomic mass is 16.5. The molecule has 3 rings (SSSR count). The van der Waals surface area contributed by atoms with Gasteiger partial charge in [0.1, 0.15) is 11.5 Å². The lowest BCUT2D eigenvalue weighted by Gasteiger charge is -2.12. The van der Waals surface area contributed by atoms with Crippen LogP contribution < -0.4 is 10.1 Å². The monoisotopic (exact) mass is 254 g/mol. The Morgan fingerprint density at radius 1 is 1.21 bits per heavy atom. The van der Waals surface area contributed by atoms with Crippen molar-refractivity contribution in [1.29, 1.82) is 0 Å². The molecule has 0 amide bonds. The summed E-state index contributed by atoms with van der Waals surface area (Å²) in [6.45, 7) is 2.89. The number of aryl methyl sites for hydroxylation is 1. The highest BCUT2D eigenvalue weighted by Crippen LogP contribution is 2.27. The molecule has 3 heteroatoms. The molecular formula is C16H18N2O. The highest BCUT2D eigenvalue weighted by molar-refractivity contribution is 5.39. The fourth-order valence-corrected chi connectivity index (χ4v) is 1.98. The quantitative estimate of drug-likeness (QED) is 0.887. The third kappa shape index (κ3) is 3.12. The number of ether oxygens (including phenoxy) is 1. The van der Waals surface area contributed by atoms with E-state index in [4.69, 9.17) is 4.74 Å². The summed E-state index contributed by atoms with van der Waals surface area (Å²) in [4.78, 5) is 4.16. The molecule has 1 aromatic carbocycles. The Labute approximate surface area is 113 Å². The zero-order chi connectivity index (χ0) is 13.1. The van der Waals surface area contributed by atoms with Gasteiger partial charge in [-0.3, -0.25) is 4.98 Å². The Bertz CT molecular complexity index is 564. The second kappa shape index (κ2) is 5.41. The summed E-state index contributed by atoms with van der Waals surface area (Å²) in [6.07, 6.45) is 6.18. The molecule has 0 unspecified atom stereocenters. The number of pyridine rings is 1. The summed E-state index contributed by atoms with van der Waals surface area (Å²) in [5.41, 5.74) is 2.29. The van der Waals surface area contributed by atoms with Crippen molar-refractivity contribution in [2.24, 2.45) is 0 Å². The maximum atomic E-state index is 5.99. The van der Waals surface area contributed by atoms with Crippen LogP contribution >= 0.6 is 0 Å². The molecule has 3 nitrogen and oxygen atoms in total. The van der Waals surface area contributed by atoms with E-state index in [9.17, 15) is 0 Å². The minimum atomic E-state index is 0.694. The molecule has 1 fully saturated rings. The first-order chi connectivity index (χ1) is 9.33. The first kappa shape index (κ1) is 12.2. The Morgan fingerprint density at radius 3 is 2.84 bits per heavy atom. The number of rotatable bonds is 5. The van der Waals surface area contributed by atoms with Crippen molar-refractivity contribution in [3.63, 3.8) is 0 Å². The van der Waals surface area contributed by atoms with E-state index in [0.29, 0.717) is 6.04 Å². The average Bonchev–Trinajstić information content (AvgIpc) is 3.24. The Kier molecular flexibility index (Phi) is 3.47. The van der Waals surface area contributed by atoms with E-state index in [0.717, 1.165) is 29.2 Å². The van der Waals surface area contributed by atoms with Crippen molar-refractivity contribution in [1.82, 2.24) is 10.3 Å². The van der Waals surface area contributed by atoms with E-state index < -0.39 is 0 Å². The lowest BCUT2D eigenvalue weighted by molar-refractivity contribution is 0.466. The van der Waals surface area contributed by atoms with E-state index in [1.165, 1.54) is 12.8 Å². The highest BCUT2D eigenvalue weighted by Gasteiger charge is 2.20. The lowest BCUT2D eigenvalue weighted by Crippen LogP contribution is -2.15. The van der Waals surface area contributed by atoms with Crippen LogP contribution in [0.2, 0.25) is 0 Å². The van der Waals surface area contributed by atoms with Gasteiger partial charge < -0.3 is 10.1 Å². The topological polar surface area (TPSA) is 34.1 Å². The molecule has 1 saturated carbocycles. The molecule has 0 spiro atoms. The molecule has 19 heavy (non-hydrogen) atoms. The molecule has 1 N–H and O–H groups in total. The van der Waals surface area contributed by atoms with Gasteiger partial charge in [0.15, 0.2) is 0 Å². The maximum Gasteiger partial charge on any atom is 0.150 e. The van der Waals surface area contributed by atoms with Crippen LogP contribution in [0.25, 0.3) is 0 Å². The van der Waals surface area contributed by atoms with Gasteiger partial charge in [0.2, 0.25) is 0 Å². The molecule has 0 atom stereocenters. The molecule has 1 aromatic heterocycles. The van der Waals surface area contributed by atoms with Gasteiger partial charge in [-0.2, -0.15) is 0 Å². The lowest BCUT2D eigenvalue weighted by atomic mass is 10.2. The van der Waals surface area contributed by atoms with Gasteiger partial charge in [-0.15, -0.1) is 0 Å². The number of benzene rings is 1. The van der Waals surface area contributed by atoms with Crippen LogP contribution in [-0.4, -0.2) is 11.0 Å². The van der Waals surface area contributed by atoms with E-state index in [2.05, 4.69) is 10.3 Å². The van der Waals surface area contributed by atoms with Gasteiger partial charge in [-0.05, 0) is 37.5 Å². The fraction of sp³-hybridized carbons (Fsp3) is 0.312. The second-order valence-electron chi connectivity index (χ2n) is 5.01. The number of nitrogens with zero attached hydrogens (tertiary/aromatic N) is 1. The first-order valence-corrected chi connectivity index (χ1v) is 6.72. The SMILES string of the molecule is Cc1ccccc1Oc1cnccc1CNC1CC1. The van der Waals surface area contributed by atoms with Gasteiger partial charge in [0, 0.05) is 24.3 Å². The number of hydrogen-bond acceptors (Lipinski definition) is 3. The van der Waals surface area contributed by atoms with Crippen LogP contribution in [0.1, 0.15) is 24.0 Å². The third-order valence-electron chi connectivity index (χ3n) is 3.34.